The van der Waals surface area contributed by atoms with Gasteiger partial charge in [0.15, 0.2) is 15.0 Å². The van der Waals surface area contributed by atoms with Gasteiger partial charge in [-0.05, 0) is 62.3 Å². The van der Waals surface area contributed by atoms with Crippen LogP contribution in [-0.2, 0) is 52.1 Å². The van der Waals surface area contributed by atoms with Gasteiger partial charge in [0.05, 0.1) is 28.9 Å². The lowest BCUT2D eigenvalue weighted by atomic mass is 10.1. The monoisotopic (exact) mass is 868 g/mol. The molecule has 4 amide bonds. The molecule has 59 heavy (non-hydrogen) atoms. The minimum absolute atomic E-state index is 0.0000658. The molecule has 5 atom stereocenters. The van der Waals surface area contributed by atoms with Gasteiger partial charge in [0.1, 0.15) is 29.5 Å². The number of nitrogens with zero attached hydrogens (tertiary/aromatic N) is 3. The van der Waals surface area contributed by atoms with Crippen LogP contribution >= 0.6 is 11.3 Å². The van der Waals surface area contributed by atoms with Gasteiger partial charge in [-0.2, -0.15) is 0 Å². The Labute approximate surface area is 345 Å². The number of ether oxygens (including phenoxy) is 1. The maximum atomic E-state index is 14.7. The van der Waals surface area contributed by atoms with Crippen molar-refractivity contribution in [1.29, 1.82) is 0 Å². The second-order valence-electron chi connectivity index (χ2n) is 16.0. The number of rotatable bonds is 8. The quantitative estimate of drug-likeness (QED) is 0.273. The third-order valence-corrected chi connectivity index (χ3v) is 15.4. The van der Waals surface area contributed by atoms with Crippen molar-refractivity contribution < 1.29 is 45.1 Å². The second kappa shape index (κ2) is 15.9. The van der Waals surface area contributed by atoms with Crippen LogP contribution in [0.5, 0.6) is 0 Å². The third kappa shape index (κ3) is 8.73. The molecule has 8 rings (SSSR count). The molecule has 3 N–H and O–H groups in total. The number of thiazole rings is 1. The lowest BCUT2D eigenvalue weighted by Crippen LogP contribution is -2.57. The van der Waals surface area contributed by atoms with E-state index >= 15 is 0 Å². The predicted octanol–water partition coefficient (Wildman–Crippen LogP) is 4.26. The van der Waals surface area contributed by atoms with E-state index in [0.29, 0.717) is 59.6 Å². The van der Waals surface area contributed by atoms with Gasteiger partial charge in [0, 0.05) is 41.6 Å². The summed E-state index contributed by atoms with van der Waals surface area (Å²) in [5, 5.41) is 7.65. The molecular weight excluding hydrogens is 824 g/mol. The van der Waals surface area contributed by atoms with Crippen molar-refractivity contribution >= 4 is 60.1 Å². The number of nitrogens with one attached hydrogen (secondary N) is 3. The molecule has 0 unspecified atom stereocenters. The molecule has 1 aromatic heterocycles. The molecule has 4 heterocycles. The Kier molecular flexibility index (Phi) is 11.1. The van der Waals surface area contributed by atoms with Crippen LogP contribution in [-0.4, -0.2) is 97.2 Å². The van der Waals surface area contributed by atoms with E-state index in [-0.39, 0.29) is 37.4 Å². The number of sulfonamides is 1. The molecule has 3 fully saturated rings. The van der Waals surface area contributed by atoms with Crippen molar-refractivity contribution in [2.24, 2.45) is 5.92 Å². The molecule has 0 radical (unpaired) electrons. The number of carbonyl (C=O) groups is 4. The standard InChI is InChI=1S/C40H45FN6O9S3/c1-58(52,53)28-14-12-24(13-15-28)33-23-57-38(43-33)42-32-11-6-4-2-3-5-9-26-19-40(26,37(50)45-59(54,55)29-16-17-29)44-35(48)34-18-27(21-47(34)36(32)49)56-39(51)46-20-25-8-7-10-31(41)30(25)22-46/h5,7-10,12-15,23,26-27,29,32,34H,2-4,6,11,16-22H2,1H3,(H,42,43)(H,44,48)(H,45,50)/b9-5-/t26-,27+,32-,34-,40+/m0/s1. The summed E-state index contributed by atoms with van der Waals surface area (Å²) in [6.07, 6.45) is 7.43. The SMILES string of the molecule is CS(=O)(=O)c1ccc(-c2csc(N[C@H]3CCCCC/C=C\[C@H]4C[C@@]4(C(=O)NS(=O)(=O)C4CC4)NC(=O)[C@@H]4C[C@@H](OC(=O)N5Cc6cccc(F)c6C5)CN4C3=O)n2)cc1. The fourth-order valence-corrected chi connectivity index (χ4v) is 10.8. The van der Waals surface area contributed by atoms with Crippen LogP contribution in [0.4, 0.5) is 14.3 Å². The lowest BCUT2D eigenvalue weighted by molar-refractivity contribution is -0.140. The minimum Gasteiger partial charge on any atom is -0.444 e. The number of anilines is 1. The minimum atomic E-state index is -3.93. The van der Waals surface area contributed by atoms with Crippen molar-refractivity contribution in [1.82, 2.24) is 24.8 Å². The average Bonchev–Trinajstić information content (AvgIpc) is 3.99. The van der Waals surface area contributed by atoms with Crippen LogP contribution in [0.1, 0.15) is 68.9 Å². The fourth-order valence-electron chi connectivity index (χ4n) is 8.07. The Bertz CT molecular complexity index is 2420. The van der Waals surface area contributed by atoms with Crippen LogP contribution < -0.4 is 15.4 Å². The zero-order valence-electron chi connectivity index (χ0n) is 32.3. The first-order valence-electron chi connectivity index (χ1n) is 19.7. The molecular formula is C40H45FN6O9S3. The highest BCUT2D eigenvalue weighted by Gasteiger charge is 2.62. The van der Waals surface area contributed by atoms with E-state index in [4.69, 9.17) is 4.74 Å². The Balaban J connectivity index is 1.05. The summed E-state index contributed by atoms with van der Waals surface area (Å²) in [6, 6.07) is 8.88. The number of sulfone groups is 1. The van der Waals surface area contributed by atoms with Gasteiger partial charge in [-0.1, -0.05) is 49.3 Å². The summed E-state index contributed by atoms with van der Waals surface area (Å²) >= 11 is 1.26. The van der Waals surface area contributed by atoms with Crippen molar-refractivity contribution in [3.63, 3.8) is 0 Å². The second-order valence-corrected chi connectivity index (χ2v) is 20.9. The summed E-state index contributed by atoms with van der Waals surface area (Å²) in [5.41, 5.74) is 0.729. The first-order chi connectivity index (χ1) is 28.1. The number of halogens is 1. The predicted molar refractivity (Wildman–Crippen MR) is 215 cm³/mol. The summed E-state index contributed by atoms with van der Waals surface area (Å²) < 4.78 is 72.3. The summed E-state index contributed by atoms with van der Waals surface area (Å²) in [7, 11) is -7.33. The van der Waals surface area contributed by atoms with E-state index in [1.807, 2.05) is 12.2 Å². The molecule has 19 heteroatoms. The van der Waals surface area contributed by atoms with Gasteiger partial charge in [-0.15, -0.1) is 11.3 Å². The van der Waals surface area contributed by atoms with E-state index in [1.54, 1.807) is 29.6 Å². The highest BCUT2D eigenvalue weighted by molar-refractivity contribution is 7.91. The molecule has 1 saturated heterocycles. The Hall–Kier alpha value is -4.88. The number of allylic oxidation sites excluding steroid dienone is 1. The number of fused-ring (bicyclic) bond motifs is 3. The molecule has 15 nitrogen and oxygen atoms in total. The number of hydrogen-bond donors (Lipinski definition) is 3. The van der Waals surface area contributed by atoms with Gasteiger partial charge in [-0.25, -0.2) is 31.0 Å². The highest BCUT2D eigenvalue weighted by Crippen LogP contribution is 2.46. The molecule has 3 aliphatic heterocycles. The zero-order valence-corrected chi connectivity index (χ0v) is 34.7. The van der Waals surface area contributed by atoms with Crippen LogP contribution in [0.2, 0.25) is 0 Å². The first kappa shape index (κ1) is 40.9. The van der Waals surface area contributed by atoms with Crippen molar-refractivity contribution in [3.8, 4) is 11.3 Å². The number of aromatic nitrogens is 1. The van der Waals surface area contributed by atoms with Crippen molar-refractivity contribution in [2.75, 3.05) is 18.1 Å². The number of carbonyl (C=O) groups excluding carboxylic acids is 4. The van der Waals surface area contributed by atoms with Gasteiger partial charge in [0.2, 0.25) is 21.8 Å². The van der Waals surface area contributed by atoms with Crippen molar-refractivity contribution in [2.45, 2.75) is 105 Å². The van der Waals surface area contributed by atoms with E-state index in [9.17, 15) is 40.4 Å². The van der Waals surface area contributed by atoms with Crippen molar-refractivity contribution in [3.05, 3.63) is 76.9 Å². The number of hydrogen-bond acceptors (Lipinski definition) is 12. The average molecular weight is 869 g/mol. The first-order valence-corrected chi connectivity index (χ1v) is 24.0. The molecule has 2 saturated carbocycles. The largest absolute Gasteiger partial charge is 0.444 e. The topological polar surface area (TPSA) is 201 Å². The summed E-state index contributed by atoms with van der Waals surface area (Å²) in [4.78, 5) is 63.9. The van der Waals surface area contributed by atoms with Crippen LogP contribution in [0.25, 0.3) is 11.3 Å². The summed E-state index contributed by atoms with van der Waals surface area (Å²) in [6.45, 7) is -0.0183. The highest BCUT2D eigenvalue weighted by atomic mass is 32.2. The van der Waals surface area contributed by atoms with Crippen LogP contribution in [0, 0.1) is 11.7 Å². The Morgan fingerprint density at radius 1 is 1.02 bits per heavy atom. The zero-order chi connectivity index (χ0) is 41.7. The normalized spacial score (nSPS) is 26.7. The molecule has 2 aromatic carbocycles. The van der Waals surface area contributed by atoms with Gasteiger partial charge >= 0.3 is 6.09 Å². The molecule has 3 aromatic rings. The number of benzene rings is 2. The molecule has 314 valence electrons. The Morgan fingerprint density at radius 2 is 1.80 bits per heavy atom. The van der Waals surface area contributed by atoms with E-state index in [1.165, 1.54) is 39.3 Å². The summed E-state index contributed by atoms with van der Waals surface area (Å²) in [5.74, 6) is -2.88. The lowest BCUT2D eigenvalue weighted by Gasteiger charge is -2.29. The molecule has 0 bridgehead atoms. The fraction of sp³-hybridized carbons (Fsp3) is 0.475. The van der Waals surface area contributed by atoms with Crippen LogP contribution in [0.3, 0.4) is 0 Å². The van der Waals surface area contributed by atoms with Gasteiger partial charge < -0.3 is 20.3 Å². The number of amides is 4. The maximum absolute atomic E-state index is 14.7. The van der Waals surface area contributed by atoms with E-state index in [2.05, 4.69) is 20.3 Å². The van der Waals surface area contributed by atoms with E-state index in [0.717, 1.165) is 19.1 Å². The van der Waals surface area contributed by atoms with Crippen LogP contribution in [0.15, 0.2) is 64.9 Å². The Morgan fingerprint density at radius 3 is 2.53 bits per heavy atom. The smallest absolute Gasteiger partial charge is 0.410 e. The van der Waals surface area contributed by atoms with Gasteiger partial charge in [-0.3, -0.25) is 24.0 Å². The molecule has 0 spiro atoms. The maximum Gasteiger partial charge on any atom is 0.410 e. The van der Waals surface area contributed by atoms with E-state index < -0.39 is 84.4 Å². The van der Waals surface area contributed by atoms with Gasteiger partial charge in [0.25, 0.3) is 5.91 Å². The molecule has 2 aliphatic carbocycles. The molecule has 5 aliphatic rings. The third-order valence-electron chi connectivity index (χ3n) is 11.7.